The largest absolute Gasteiger partial charge is 0.479 e. The van der Waals surface area contributed by atoms with Crippen molar-refractivity contribution < 1.29 is 35.1 Å². The maximum absolute atomic E-state index is 10.4. The van der Waals surface area contributed by atoms with Crippen LogP contribution in [0.3, 0.4) is 0 Å². The van der Waals surface area contributed by atoms with Crippen LogP contribution in [-0.4, -0.2) is 62.2 Å². The Morgan fingerprint density at radius 2 is 1.54 bits per heavy atom. The summed E-state index contributed by atoms with van der Waals surface area (Å²) in [6.07, 6.45) is -8.72. The zero-order valence-electron chi connectivity index (χ0n) is 6.44. The van der Waals surface area contributed by atoms with Crippen LogP contribution in [-0.2, 0) is 9.53 Å². The van der Waals surface area contributed by atoms with Crippen molar-refractivity contribution >= 4 is 5.97 Å². The number of ether oxygens (including phenoxy) is 1. The lowest BCUT2D eigenvalue weighted by Crippen LogP contribution is -2.59. The first-order valence-electron chi connectivity index (χ1n) is 3.55. The molecule has 1 heterocycles. The number of hydrogen-bond acceptors (Lipinski definition) is 6. The van der Waals surface area contributed by atoms with E-state index in [1.165, 1.54) is 0 Å². The summed E-state index contributed by atoms with van der Waals surface area (Å²) in [5.41, 5.74) is 0. The molecule has 0 aromatic carbocycles. The van der Waals surface area contributed by atoms with E-state index in [0.717, 1.165) is 0 Å². The van der Waals surface area contributed by atoms with Gasteiger partial charge in [0.1, 0.15) is 18.3 Å². The summed E-state index contributed by atoms with van der Waals surface area (Å²) >= 11 is 0. The zero-order valence-corrected chi connectivity index (χ0v) is 6.44. The SMILES string of the molecule is O=C(O)[C@H]1OC(O)[C@@H](O)[C@H](O)C1O. The molecule has 0 spiro atoms. The van der Waals surface area contributed by atoms with Crippen molar-refractivity contribution in [2.24, 2.45) is 0 Å². The average Bonchev–Trinajstić information content (AvgIpc) is 2.07. The second-order valence-electron chi connectivity index (χ2n) is 2.76. The van der Waals surface area contributed by atoms with E-state index in [1.807, 2.05) is 0 Å². The highest BCUT2D eigenvalue weighted by atomic mass is 16.6. The van der Waals surface area contributed by atoms with Gasteiger partial charge in [0.15, 0.2) is 12.4 Å². The maximum atomic E-state index is 10.4. The lowest BCUT2D eigenvalue weighted by atomic mass is 9.99. The molecule has 2 unspecified atom stereocenters. The van der Waals surface area contributed by atoms with Gasteiger partial charge >= 0.3 is 5.97 Å². The molecule has 7 nitrogen and oxygen atoms in total. The first-order valence-corrected chi connectivity index (χ1v) is 3.55. The van der Waals surface area contributed by atoms with Crippen molar-refractivity contribution in [3.63, 3.8) is 0 Å². The second kappa shape index (κ2) is 3.56. The normalized spacial score (nSPS) is 46.0. The highest BCUT2D eigenvalue weighted by Crippen LogP contribution is 2.19. The average molecular weight is 194 g/mol. The van der Waals surface area contributed by atoms with Crippen LogP contribution >= 0.6 is 0 Å². The van der Waals surface area contributed by atoms with Gasteiger partial charge < -0.3 is 30.3 Å². The summed E-state index contributed by atoms with van der Waals surface area (Å²) in [6, 6.07) is 0. The predicted octanol–water partition coefficient (Wildman–Crippen LogP) is -3.13. The smallest absolute Gasteiger partial charge is 0.335 e. The Morgan fingerprint density at radius 3 is 2.00 bits per heavy atom. The third kappa shape index (κ3) is 1.79. The van der Waals surface area contributed by atoms with E-state index in [-0.39, 0.29) is 0 Å². The summed E-state index contributed by atoms with van der Waals surface area (Å²) in [7, 11) is 0. The van der Waals surface area contributed by atoms with E-state index in [9.17, 15) is 4.79 Å². The Morgan fingerprint density at radius 1 is 1.00 bits per heavy atom. The third-order valence-corrected chi connectivity index (χ3v) is 1.83. The summed E-state index contributed by atoms with van der Waals surface area (Å²) in [5.74, 6) is -1.52. The number of carboxylic acid groups (broad SMARTS) is 1. The van der Waals surface area contributed by atoms with Crippen molar-refractivity contribution in [3.8, 4) is 0 Å². The molecule has 0 aromatic rings. The van der Waals surface area contributed by atoms with Gasteiger partial charge in [0.05, 0.1) is 0 Å². The summed E-state index contributed by atoms with van der Waals surface area (Å²) in [5, 5.41) is 44.4. The summed E-state index contributed by atoms with van der Waals surface area (Å²) in [4.78, 5) is 10.4. The standard InChI is InChI=1S/C6H10O7/c7-1-2(8)4(5(10)11)13-6(12)3(1)9/h1-4,6-9,12H,(H,10,11)/t1-,2?,3+,4+,6?/m1/s1. The molecule has 7 heteroatoms. The van der Waals surface area contributed by atoms with Crippen LogP contribution in [0.2, 0.25) is 0 Å². The van der Waals surface area contributed by atoms with Crippen molar-refractivity contribution in [3.05, 3.63) is 0 Å². The van der Waals surface area contributed by atoms with E-state index >= 15 is 0 Å². The van der Waals surface area contributed by atoms with E-state index in [2.05, 4.69) is 4.74 Å². The van der Waals surface area contributed by atoms with Crippen molar-refractivity contribution in [1.29, 1.82) is 0 Å². The minimum Gasteiger partial charge on any atom is -0.479 e. The molecule has 1 rings (SSSR count). The van der Waals surface area contributed by atoms with Gasteiger partial charge in [-0.25, -0.2) is 4.79 Å². The summed E-state index contributed by atoms with van der Waals surface area (Å²) in [6.45, 7) is 0. The Bertz CT molecular complexity index is 205. The maximum Gasteiger partial charge on any atom is 0.335 e. The number of rotatable bonds is 1. The Balaban J connectivity index is 2.76. The number of aliphatic hydroxyl groups excluding tert-OH is 4. The first-order chi connectivity index (χ1) is 5.95. The second-order valence-corrected chi connectivity index (χ2v) is 2.76. The molecule has 1 aliphatic heterocycles. The van der Waals surface area contributed by atoms with Gasteiger partial charge in [-0.3, -0.25) is 0 Å². The van der Waals surface area contributed by atoms with Gasteiger partial charge in [-0.15, -0.1) is 0 Å². The lowest BCUT2D eigenvalue weighted by molar-refractivity contribution is -0.279. The monoisotopic (exact) mass is 194 g/mol. The minimum atomic E-state index is -1.81. The molecule has 0 saturated carbocycles. The van der Waals surface area contributed by atoms with E-state index < -0.39 is 36.7 Å². The van der Waals surface area contributed by atoms with Crippen molar-refractivity contribution in [2.45, 2.75) is 30.7 Å². The van der Waals surface area contributed by atoms with E-state index in [4.69, 9.17) is 25.5 Å². The van der Waals surface area contributed by atoms with Crippen LogP contribution in [0.25, 0.3) is 0 Å². The number of hydrogen-bond donors (Lipinski definition) is 5. The van der Waals surface area contributed by atoms with Gasteiger partial charge in [-0.05, 0) is 0 Å². The van der Waals surface area contributed by atoms with Gasteiger partial charge in [-0.2, -0.15) is 0 Å². The molecule has 0 bridgehead atoms. The molecule has 13 heavy (non-hydrogen) atoms. The Hall–Kier alpha value is -0.730. The molecular formula is C6H10O7. The van der Waals surface area contributed by atoms with Crippen LogP contribution < -0.4 is 0 Å². The Kier molecular flexibility index (Phi) is 2.84. The quantitative estimate of drug-likeness (QED) is 0.298. The lowest BCUT2D eigenvalue weighted by Gasteiger charge is -2.36. The van der Waals surface area contributed by atoms with Crippen LogP contribution in [0.4, 0.5) is 0 Å². The number of carboxylic acids is 1. The molecular weight excluding hydrogens is 184 g/mol. The first kappa shape index (κ1) is 10.4. The van der Waals surface area contributed by atoms with Crippen molar-refractivity contribution in [2.75, 3.05) is 0 Å². The molecule has 1 aliphatic rings. The zero-order chi connectivity index (χ0) is 10.2. The van der Waals surface area contributed by atoms with Crippen LogP contribution in [0.5, 0.6) is 0 Å². The third-order valence-electron chi connectivity index (χ3n) is 1.83. The highest BCUT2D eigenvalue weighted by molar-refractivity contribution is 5.73. The van der Waals surface area contributed by atoms with Gasteiger partial charge in [0.2, 0.25) is 0 Å². The van der Waals surface area contributed by atoms with Crippen LogP contribution in [0.1, 0.15) is 0 Å². The molecule has 0 radical (unpaired) electrons. The number of aliphatic hydroxyl groups is 4. The fourth-order valence-corrected chi connectivity index (χ4v) is 1.07. The molecule has 0 amide bonds. The van der Waals surface area contributed by atoms with E-state index in [0.29, 0.717) is 0 Å². The highest BCUT2D eigenvalue weighted by Gasteiger charge is 2.46. The van der Waals surface area contributed by atoms with Crippen molar-refractivity contribution in [1.82, 2.24) is 0 Å². The molecule has 5 atom stereocenters. The molecule has 1 saturated heterocycles. The topological polar surface area (TPSA) is 127 Å². The number of aliphatic carboxylic acids is 1. The van der Waals surface area contributed by atoms with Crippen LogP contribution in [0, 0.1) is 0 Å². The fourth-order valence-electron chi connectivity index (χ4n) is 1.07. The molecule has 0 aromatic heterocycles. The van der Waals surface area contributed by atoms with Gasteiger partial charge in [-0.1, -0.05) is 0 Å². The van der Waals surface area contributed by atoms with Crippen LogP contribution in [0.15, 0.2) is 0 Å². The molecule has 5 N–H and O–H groups in total. The fraction of sp³-hybridized carbons (Fsp3) is 0.833. The molecule has 1 fully saturated rings. The predicted molar refractivity (Wildman–Crippen MR) is 36.5 cm³/mol. The minimum absolute atomic E-state index is 1.52. The van der Waals surface area contributed by atoms with E-state index in [1.54, 1.807) is 0 Å². The molecule has 76 valence electrons. The van der Waals surface area contributed by atoms with Gasteiger partial charge in [0.25, 0.3) is 0 Å². The molecule has 0 aliphatic carbocycles. The van der Waals surface area contributed by atoms with Gasteiger partial charge in [0, 0.05) is 0 Å². The Labute approximate surface area is 72.8 Å². The summed E-state index contributed by atoms with van der Waals surface area (Å²) < 4.78 is 4.34. The number of carbonyl (C=O) groups is 1.